The Morgan fingerprint density at radius 2 is 2.11 bits per heavy atom. The first-order valence-electron chi connectivity index (χ1n) is 8.55. The van der Waals surface area contributed by atoms with Crippen LogP contribution in [0.5, 0.6) is 0 Å². The van der Waals surface area contributed by atoms with Gasteiger partial charge >= 0.3 is 0 Å². The number of rotatable bonds is 4. The molecule has 8 nitrogen and oxygen atoms in total. The lowest BCUT2D eigenvalue weighted by Crippen LogP contribution is -2.28. The van der Waals surface area contributed by atoms with Crippen LogP contribution in [-0.2, 0) is 0 Å². The SMILES string of the molecule is NC(=NC1CCCCC1)Nc1conc1C(=Nc1ccc(F)c(Cl)c1)NO. The second kappa shape index (κ2) is 8.83. The molecule has 1 aliphatic carbocycles. The van der Waals surface area contributed by atoms with Crippen LogP contribution in [0, 0.1) is 5.82 Å². The predicted molar refractivity (Wildman–Crippen MR) is 101 cm³/mol. The Morgan fingerprint density at radius 3 is 2.81 bits per heavy atom. The van der Waals surface area contributed by atoms with Crippen molar-refractivity contribution in [2.45, 2.75) is 38.1 Å². The van der Waals surface area contributed by atoms with Gasteiger partial charge in [0.1, 0.15) is 17.8 Å². The molecule has 0 bridgehead atoms. The van der Waals surface area contributed by atoms with Crippen molar-refractivity contribution in [1.82, 2.24) is 10.6 Å². The number of aliphatic imine (C=N–C) groups is 2. The van der Waals surface area contributed by atoms with Crippen LogP contribution in [0.25, 0.3) is 0 Å². The zero-order valence-electron chi connectivity index (χ0n) is 14.5. The lowest BCUT2D eigenvalue weighted by atomic mass is 9.96. The number of aromatic nitrogens is 1. The Hall–Kier alpha value is -2.65. The number of nitrogens with zero attached hydrogens (tertiary/aromatic N) is 3. The van der Waals surface area contributed by atoms with Gasteiger partial charge in [0.25, 0.3) is 0 Å². The van der Waals surface area contributed by atoms with E-state index < -0.39 is 5.82 Å². The van der Waals surface area contributed by atoms with E-state index in [-0.39, 0.29) is 28.6 Å². The standard InChI is InChI=1S/C17H20ClFN6O2/c18-12-8-11(6-7-13(12)19)21-16(24-26)15-14(9-27-25-15)23-17(20)22-10-4-2-1-3-5-10/h6-10,26H,1-5H2,(H,21,24)(H3,20,22,23). The van der Waals surface area contributed by atoms with Crippen LogP contribution >= 0.6 is 11.6 Å². The molecule has 2 aromatic rings. The van der Waals surface area contributed by atoms with E-state index in [2.05, 4.69) is 20.5 Å². The average molecular weight is 395 g/mol. The normalized spacial score (nSPS) is 16.4. The number of hydrogen-bond acceptors (Lipinski definition) is 5. The van der Waals surface area contributed by atoms with E-state index >= 15 is 0 Å². The summed E-state index contributed by atoms with van der Waals surface area (Å²) >= 11 is 5.75. The zero-order chi connectivity index (χ0) is 19.2. The van der Waals surface area contributed by atoms with Crippen molar-refractivity contribution in [1.29, 1.82) is 0 Å². The largest absolute Gasteiger partial charge is 0.370 e. The number of anilines is 1. The maximum Gasteiger partial charge on any atom is 0.193 e. The minimum atomic E-state index is -0.565. The lowest BCUT2D eigenvalue weighted by Gasteiger charge is -2.18. The van der Waals surface area contributed by atoms with Gasteiger partial charge in [0.15, 0.2) is 17.5 Å². The third-order valence-corrected chi connectivity index (χ3v) is 4.49. The molecule has 0 saturated heterocycles. The average Bonchev–Trinajstić information content (AvgIpc) is 3.11. The molecule has 1 aromatic carbocycles. The molecule has 144 valence electrons. The van der Waals surface area contributed by atoms with E-state index in [1.165, 1.54) is 30.9 Å². The lowest BCUT2D eigenvalue weighted by molar-refractivity contribution is 0.234. The summed E-state index contributed by atoms with van der Waals surface area (Å²) in [6.45, 7) is 0. The molecule has 1 aliphatic rings. The second-order valence-electron chi connectivity index (χ2n) is 6.18. The highest BCUT2D eigenvalue weighted by Gasteiger charge is 2.17. The van der Waals surface area contributed by atoms with Gasteiger partial charge < -0.3 is 15.6 Å². The number of nitrogens with two attached hydrogens (primary N) is 1. The number of nitrogens with one attached hydrogen (secondary N) is 2. The summed E-state index contributed by atoms with van der Waals surface area (Å²) in [7, 11) is 0. The minimum Gasteiger partial charge on any atom is -0.370 e. The molecular formula is C17H20ClFN6O2. The van der Waals surface area contributed by atoms with E-state index in [0.29, 0.717) is 11.4 Å². The van der Waals surface area contributed by atoms with Gasteiger partial charge in [-0.1, -0.05) is 36.0 Å². The third-order valence-electron chi connectivity index (χ3n) is 4.20. The Balaban J connectivity index is 1.80. The molecule has 1 aromatic heterocycles. The van der Waals surface area contributed by atoms with Crippen LogP contribution in [0.3, 0.4) is 0 Å². The molecule has 0 aliphatic heterocycles. The summed E-state index contributed by atoms with van der Waals surface area (Å²) < 4.78 is 18.2. The molecule has 0 unspecified atom stereocenters. The number of hydroxylamine groups is 1. The van der Waals surface area contributed by atoms with Crippen molar-refractivity contribution < 1.29 is 14.1 Å². The smallest absolute Gasteiger partial charge is 0.193 e. The van der Waals surface area contributed by atoms with E-state index in [9.17, 15) is 9.60 Å². The zero-order valence-corrected chi connectivity index (χ0v) is 15.2. The molecule has 1 heterocycles. The summed E-state index contributed by atoms with van der Waals surface area (Å²) in [5.74, 6) is -0.363. The van der Waals surface area contributed by atoms with E-state index in [1.54, 1.807) is 0 Å². The molecule has 1 saturated carbocycles. The molecule has 5 N–H and O–H groups in total. The molecule has 3 rings (SSSR count). The highest BCUT2D eigenvalue weighted by atomic mass is 35.5. The Labute approximate surface area is 160 Å². The summed E-state index contributed by atoms with van der Waals surface area (Å²) in [5.41, 5.74) is 8.81. The van der Waals surface area contributed by atoms with Gasteiger partial charge in [0.2, 0.25) is 0 Å². The molecule has 10 heteroatoms. The molecule has 1 fully saturated rings. The fourth-order valence-corrected chi connectivity index (χ4v) is 3.06. The Morgan fingerprint density at radius 1 is 1.33 bits per heavy atom. The molecule has 0 amide bonds. The highest BCUT2D eigenvalue weighted by molar-refractivity contribution is 6.31. The van der Waals surface area contributed by atoms with Crippen molar-refractivity contribution in [3.63, 3.8) is 0 Å². The van der Waals surface area contributed by atoms with Gasteiger partial charge in [-0.3, -0.25) is 10.7 Å². The number of amidine groups is 1. The van der Waals surface area contributed by atoms with Crippen molar-refractivity contribution in [3.05, 3.63) is 41.0 Å². The van der Waals surface area contributed by atoms with Crippen LogP contribution in [0.2, 0.25) is 5.02 Å². The van der Waals surface area contributed by atoms with E-state index in [0.717, 1.165) is 25.7 Å². The highest BCUT2D eigenvalue weighted by Crippen LogP contribution is 2.24. The van der Waals surface area contributed by atoms with Crippen molar-refractivity contribution in [2.75, 3.05) is 5.32 Å². The van der Waals surface area contributed by atoms with Crippen LogP contribution in [0.15, 0.2) is 39.0 Å². The molecular weight excluding hydrogens is 375 g/mol. The van der Waals surface area contributed by atoms with Gasteiger partial charge in [-0.15, -0.1) is 0 Å². The fraction of sp³-hybridized carbons (Fsp3) is 0.353. The quantitative estimate of drug-likeness (QED) is 0.357. The first-order valence-corrected chi connectivity index (χ1v) is 8.93. The topological polar surface area (TPSA) is 121 Å². The Bertz CT molecular complexity index is 848. The number of hydrogen-bond donors (Lipinski definition) is 4. The fourth-order valence-electron chi connectivity index (χ4n) is 2.89. The van der Waals surface area contributed by atoms with Crippen LogP contribution in [0.1, 0.15) is 37.8 Å². The minimum absolute atomic E-state index is 0.0283. The Kier molecular flexibility index (Phi) is 6.25. The number of guanidine groups is 1. The number of halogens is 2. The van der Waals surface area contributed by atoms with Crippen molar-refractivity contribution in [2.24, 2.45) is 15.7 Å². The summed E-state index contributed by atoms with van der Waals surface area (Å²) in [6.07, 6.45) is 6.86. The van der Waals surface area contributed by atoms with E-state index in [4.69, 9.17) is 21.9 Å². The van der Waals surface area contributed by atoms with Crippen LogP contribution in [0.4, 0.5) is 15.8 Å². The molecule has 0 radical (unpaired) electrons. The summed E-state index contributed by atoms with van der Waals surface area (Å²) in [4.78, 5) is 8.64. The van der Waals surface area contributed by atoms with Gasteiger partial charge in [-0.25, -0.2) is 14.4 Å². The molecule has 0 atom stereocenters. The van der Waals surface area contributed by atoms with Crippen molar-refractivity contribution >= 4 is 34.8 Å². The van der Waals surface area contributed by atoms with Crippen LogP contribution < -0.4 is 16.5 Å². The third kappa shape index (κ3) is 4.95. The first-order chi connectivity index (χ1) is 13.1. The molecule has 27 heavy (non-hydrogen) atoms. The monoisotopic (exact) mass is 394 g/mol. The van der Waals surface area contributed by atoms with E-state index in [1.807, 2.05) is 5.48 Å². The van der Waals surface area contributed by atoms with Crippen molar-refractivity contribution in [3.8, 4) is 0 Å². The van der Waals surface area contributed by atoms with Gasteiger partial charge in [-0.05, 0) is 31.0 Å². The predicted octanol–water partition coefficient (Wildman–Crippen LogP) is 3.58. The maximum atomic E-state index is 13.3. The summed E-state index contributed by atoms with van der Waals surface area (Å²) in [5, 5.41) is 16.1. The van der Waals surface area contributed by atoms with Gasteiger partial charge in [-0.2, -0.15) is 0 Å². The maximum absolute atomic E-state index is 13.3. The van der Waals surface area contributed by atoms with Gasteiger partial charge in [0.05, 0.1) is 16.8 Å². The second-order valence-corrected chi connectivity index (χ2v) is 6.59. The molecule has 0 spiro atoms. The first kappa shape index (κ1) is 19.1. The summed E-state index contributed by atoms with van der Waals surface area (Å²) in [6, 6.07) is 4.10. The number of benzene rings is 1. The van der Waals surface area contributed by atoms with Crippen LogP contribution in [-0.4, -0.2) is 28.2 Å². The van der Waals surface area contributed by atoms with Gasteiger partial charge in [0, 0.05) is 0 Å².